The average molecular weight is 330 g/mol. The van der Waals surface area contributed by atoms with Crippen LogP contribution < -0.4 is 11.1 Å². The Morgan fingerprint density at radius 3 is 2.56 bits per heavy atom. The molecule has 0 unspecified atom stereocenters. The normalized spacial score (nSPS) is 10.7. The van der Waals surface area contributed by atoms with E-state index in [1.807, 2.05) is 30.5 Å². The molecule has 25 heavy (non-hydrogen) atoms. The minimum absolute atomic E-state index is 0.250. The van der Waals surface area contributed by atoms with Crippen LogP contribution >= 0.6 is 0 Å². The molecule has 7 nitrogen and oxygen atoms in total. The van der Waals surface area contributed by atoms with Gasteiger partial charge in [-0.3, -0.25) is 10.1 Å². The molecular weight excluding hydrogens is 316 g/mol. The van der Waals surface area contributed by atoms with Crippen molar-refractivity contribution >= 4 is 23.3 Å². The van der Waals surface area contributed by atoms with Gasteiger partial charge in [-0.15, -0.1) is 5.10 Å². The number of carbonyl (C=O) groups excluding carboxylic acids is 1. The van der Waals surface area contributed by atoms with E-state index in [0.29, 0.717) is 17.0 Å². The van der Waals surface area contributed by atoms with Crippen LogP contribution in [0.4, 0.5) is 11.8 Å². The highest BCUT2D eigenvalue weighted by molar-refractivity contribution is 6.03. The van der Waals surface area contributed by atoms with Gasteiger partial charge in [-0.25, -0.2) is 9.50 Å². The molecular formula is C18H14N6O. The zero-order valence-electron chi connectivity index (χ0n) is 13.1. The number of hydrogen-bond donors (Lipinski definition) is 2. The first-order chi connectivity index (χ1) is 12.2. The summed E-state index contributed by atoms with van der Waals surface area (Å²) in [6.45, 7) is 0. The molecule has 0 saturated carbocycles. The molecule has 7 heteroatoms. The number of rotatable bonds is 3. The van der Waals surface area contributed by atoms with Gasteiger partial charge in [0.15, 0.2) is 5.65 Å². The van der Waals surface area contributed by atoms with E-state index in [0.717, 1.165) is 11.1 Å². The van der Waals surface area contributed by atoms with Crippen LogP contribution in [-0.4, -0.2) is 25.5 Å². The number of carbonyl (C=O) groups is 1. The molecule has 122 valence electrons. The Kier molecular flexibility index (Phi) is 3.59. The molecule has 0 aliphatic heterocycles. The Morgan fingerprint density at radius 1 is 1.00 bits per heavy atom. The maximum absolute atomic E-state index is 12.2. The van der Waals surface area contributed by atoms with Crippen molar-refractivity contribution in [1.82, 2.24) is 19.6 Å². The zero-order chi connectivity index (χ0) is 17.2. The maximum Gasteiger partial charge on any atom is 0.258 e. The first-order valence-electron chi connectivity index (χ1n) is 7.64. The monoisotopic (exact) mass is 330 g/mol. The van der Waals surface area contributed by atoms with Crippen LogP contribution in [-0.2, 0) is 0 Å². The minimum atomic E-state index is -0.250. The van der Waals surface area contributed by atoms with Crippen molar-refractivity contribution < 1.29 is 4.79 Å². The van der Waals surface area contributed by atoms with Gasteiger partial charge in [0.05, 0.1) is 0 Å². The van der Waals surface area contributed by atoms with Gasteiger partial charge in [0, 0.05) is 29.1 Å². The maximum atomic E-state index is 12.2. The minimum Gasteiger partial charge on any atom is -0.384 e. The number of nitrogen functional groups attached to an aromatic ring is 1. The molecule has 0 atom stereocenters. The first-order valence-corrected chi connectivity index (χ1v) is 7.64. The lowest BCUT2D eigenvalue weighted by Crippen LogP contribution is -2.12. The van der Waals surface area contributed by atoms with Crippen LogP contribution in [0.3, 0.4) is 0 Å². The summed E-state index contributed by atoms with van der Waals surface area (Å²) >= 11 is 0. The summed E-state index contributed by atoms with van der Waals surface area (Å²) in [4.78, 5) is 20.6. The van der Waals surface area contributed by atoms with Gasteiger partial charge >= 0.3 is 0 Å². The highest BCUT2D eigenvalue weighted by atomic mass is 16.1. The number of nitrogens with one attached hydrogen (secondary N) is 1. The number of hydrogen-bond acceptors (Lipinski definition) is 5. The van der Waals surface area contributed by atoms with Crippen molar-refractivity contribution in [2.24, 2.45) is 0 Å². The smallest absolute Gasteiger partial charge is 0.258 e. The fourth-order valence-electron chi connectivity index (χ4n) is 2.45. The molecule has 0 saturated heterocycles. The van der Waals surface area contributed by atoms with Crippen LogP contribution in [0, 0.1) is 0 Å². The van der Waals surface area contributed by atoms with Crippen molar-refractivity contribution in [2.75, 3.05) is 11.1 Å². The van der Waals surface area contributed by atoms with E-state index in [1.54, 1.807) is 41.0 Å². The zero-order valence-corrected chi connectivity index (χ0v) is 13.1. The summed E-state index contributed by atoms with van der Waals surface area (Å²) in [6, 6.07) is 16.3. The first kappa shape index (κ1) is 14.8. The second-order valence-electron chi connectivity index (χ2n) is 5.45. The molecule has 4 aromatic rings. The van der Waals surface area contributed by atoms with Gasteiger partial charge in [0.2, 0.25) is 5.95 Å². The Labute approximate surface area is 143 Å². The van der Waals surface area contributed by atoms with Crippen molar-refractivity contribution in [3.63, 3.8) is 0 Å². The third kappa shape index (κ3) is 3.02. The number of amides is 1. The Hall–Kier alpha value is -3.74. The summed E-state index contributed by atoms with van der Waals surface area (Å²) in [7, 11) is 0. The topological polar surface area (TPSA) is 98.2 Å². The fourth-order valence-corrected chi connectivity index (χ4v) is 2.45. The molecule has 3 heterocycles. The molecule has 4 rings (SSSR count). The second-order valence-corrected chi connectivity index (χ2v) is 5.45. The number of anilines is 2. The Balaban J connectivity index is 1.62. The molecule has 0 aliphatic rings. The number of nitrogens with zero attached hydrogens (tertiary/aromatic N) is 4. The van der Waals surface area contributed by atoms with E-state index in [-0.39, 0.29) is 11.9 Å². The number of nitrogens with two attached hydrogens (primary N) is 1. The predicted octanol–water partition coefficient (Wildman–Crippen LogP) is 2.63. The van der Waals surface area contributed by atoms with E-state index in [4.69, 9.17) is 5.73 Å². The predicted molar refractivity (Wildman–Crippen MR) is 95.0 cm³/mol. The molecule has 1 amide bonds. The van der Waals surface area contributed by atoms with E-state index in [1.165, 1.54) is 0 Å². The van der Waals surface area contributed by atoms with Gasteiger partial charge in [0.1, 0.15) is 5.82 Å². The van der Waals surface area contributed by atoms with Crippen molar-refractivity contribution in [3.05, 3.63) is 72.6 Å². The highest BCUT2D eigenvalue weighted by Gasteiger charge is 2.10. The van der Waals surface area contributed by atoms with Crippen molar-refractivity contribution in [3.8, 4) is 11.1 Å². The summed E-state index contributed by atoms with van der Waals surface area (Å²) in [5, 5.41) is 7.01. The van der Waals surface area contributed by atoms with Crippen LogP contribution in [0.2, 0.25) is 0 Å². The molecule has 0 radical (unpaired) electrons. The van der Waals surface area contributed by atoms with Crippen LogP contribution in [0.25, 0.3) is 16.8 Å². The molecule has 0 bridgehead atoms. The number of aromatic nitrogens is 4. The van der Waals surface area contributed by atoms with Gasteiger partial charge in [0.25, 0.3) is 5.91 Å². The van der Waals surface area contributed by atoms with Crippen molar-refractivity contribution in [2.45, 2.75) is 0 Å². The summed E-state index contributed by atoms with van der Waals surface area (Å²) in [5.74, 6) is 0.470. The van der Waals surface area contributed by atoms with Crippen LogP contribution in [0.5, 0.6) is 0 Å². The quantitative estimate of drug-likeness (QED) is 0.602. The molecule has 0 fully saturated rings. The standard InChI is InChI=1S/C18H14N6O/c19-15-8-6-13(10-20-15)14-7-9-16-21-18(23-24(16)11-14)22-17(25)12-4-2-1-3-5-12/h1-11H,(H2,19,20)(H,22,23,25). The van der Waals surface area contributed by atoms with E-state index < -0.39 is 0 Å². The fraction of sp³-hybridized carbons (Fsp3) is 0. The lowest BCUT2D eigenvalue weighted by molar-refractivity contribution is 0.102. The van der Waals surface area contributed by atoms with E-state index >= 15 is 0 Å². The van der Waals surface area contributed by atoms with Crippen molar-refractivity contribution in [1.29, 1.82) is 0 Å². The Morgan fingerprint density at radius 2 is 1.80 bits per heavy atom. The summed E-state index contributed by atoms with van der Waals surface area (Å²) < 4.78 is 1.62. The lowest BCUT2D eigenvalue weighted by Gasteiger charge is -2.01. The molecule has 3 aromatic heterocycles. The van der Waals surface area contributed by atoms with Crippen LogP contribution in [0.15, 0.2) is 67.0 Å². The molecule has 0 aliphatic carbocycles. The number of benzene rings is 1. The molecule has 0 spiro atoms. The molecule has 1 aromatic carbocycles. The van der Waals surface area contributed by atoms with Gasteiger partial charge < -0.3 is 5.73 Å². The Bertz CT molecular complexity index is 1040. The highest BCUT2D eigenvalue weighted by Crippen LogP contribution is 2.20. The molecule has 3 N–H and O–H groups in total. The van der Waals surface area contributed by atoms with E-state index in [2.05, 4.69) is 20.4 Å². The third-order valence-electron chi connectivity index (χ3n) is 3.71. The largest absolute Gasteiger partial charge is 0.384 e. The second kappa shape index (κ2) is 6.04. The van der Waals surface area contributed by atoms with Gasteiger partial charge in [-0.1, -0.05) is 18.2 Å². The lowest BCUT2D eigenvalue weighted by atomic mass is 10.1. The average Bonchev–Trinajstić information content (AvgIpc) is 3.04. The number of fused-ring (bicyclic) bond motifs is 1. The van der Waals surface area contributed by atoms with E-state index in [9.17, 15) is 4.79 Å². The van der Waals surface area contributed by atoms with Gasteiger partial charge in [-0.05, 0) is 36.4 Å². The van der Waals surface area contributed by atoms with Gasteiger partial charge in [-0.2, -0.15) is 4.98 Å². The number of pyridine rings is 2. The summed E-state index contributed by atoms with van der Waals surface area (Å²) in [5.41, 5.74) is 8.64. The summed E-state index contributed by atoms with van der Waals surface area (Å²) in [6.07, 6.45) is 3.53. The van der Waals surface area contributed by atoms with Crippen LogP contribution in [0.1, 0.15) is 10.4 Å². The third-order valence-corrected chi connectivity index (χ3v) is 3.71. The SMILES string of the molecule is Nc1ccc(-c2ccc3nc(NC(=O)c4ccccc4)nn3c2)cn1.